The minimum absolute atomic E-state index is 0.193. The highest BCUT2D eigenvalue weighted by Gasteiger charge is 2.12. The van der Waals surface area contributed by atoms with Gasteiger partial charge in [-0.25, -0.2) is 9.97 Å². The maximum absolute atomic E-state index is 13.0. The molecule has 5 aromatic rings. The van der Waals surface area contributed by atoms with Gasteiger partial charge >= 0.3 is 0 Å². The third-order valence-corrected chi connectivity index (χ3v) is 6.19. The lowest BCUT2D eigenvalue weighted by Gasteiger charge is -2.15. The molecule has 5 rings (SSSR count). The van der Waals surface area contributed by atoms with Crippen molar-refractivity contribution in [1.29, 1.82) is 0 Å². The van der Waals surface area contributed by atoms with Crippen molar-refractivity contribution in [3.8, 4) is 11.3 Å². The van der Waals surface area contributed by atoms with E-state index >= 15 is 0 Å². The van der Waals surface area contributed by atoms with Gasteiger partial charge in [0.1, 0.15) is 0 Å². The molecule has 0 aliphatic heterocycles. The van der Waals surface area contributed by atoms with Crippen molar-refractivity contribution in [2.24, 2.45) is 5.73 Å². The molecule has 0 bridgehead atoms. The second-order valence-electron chi connectivity index (χ2n) is 9.37. The molecule has 0 aliphatic carbocycles. The van der Waals surface area contributed by atoms with Crippen molar-refractivity contribution in [2.75, 3.05) is 24.7 Å². The average Bonchev–Trinajstić information content (AvgIpc) is 2.93. The Kier molecular flexibility index (Phi) is 7.40. The smallest absolute Gasteiger partial charge is 0.255 e. The van der Waals surface area contributed by atoms with E-state index in [-0.39, 0.29) is 5.91 Å². The van der Waals surface area contributed by atoms with Crippen LogP contribution in [0, 0.1) is 0 Å². The second-order valence-corrected chi connectivity index (χ2v) is 9.37. The largest absolute Gasteiger partial charge is 0.326 e. The van der Waals surface area contributed by atoms with Gasteiger partial charge in [0.05, 0.1) is 11.2 Å². The van der Waals surface area contributed by atoms with E-state index in [1.165, 1.54) is 0 Å². The number of amides is 1. The normalized spacial score (nSPS) is 11.1. The molecule has 190 valence electrons. The zero-order valence-electron chi connectivity index (χ0n) is 21.5. The molecule has 7 nitrogen and oxygen atoms in total. The van der Waals surface area contributed by atoms with Crippen LogP contribution in [0.25, 0.3) is 22.2 Å². The summed E-state index contributed by atoms with van der Waals surface area (Å²) in [6.07, 6.45) is 0. The van der Waals surface area contributed by atoms with Crippen molar-refractivity contribution in [3.63, 3.8) is 0 Å². The number of nitrogens with two attached hydrogens (primary N) is 1. The van der Waals surface area contributed by atoms with Gasteiger partial charge in [0, 0.05) is 41.0 Å². The lowest BCUT2D eigenvalue weighted by atomic mass is 10.1. The number of carbonyl (C=O) groups excluding carboxylic acids is 1. The summed E-state index contributed by atoms with van der Waals surface area (Å²) in [5.74, 6) is 0.298. The molecule has 0 fully saturated rings. The Morgan fingerprint density at radius 1 is 0.868 bits per heavy atom. The fraction of sp³-hybridized carbons (Fsp3) is 0.129. The first-order valence-electron chi connectivity index (χ1n) is 12.5. The molecule has 1 heterocycles. The average molecular weight is 503 g/mol. The number of carbonyl (C=O) groups is 1. The van der Waals surface area contributed by atoms with Crippen molar-refractivity contribution in [1.82, 2.24) is 14.9 Å². The summed E-state index contributed by atoms with van der Waals surface area (Å²) in [6.45, 7) is 1.12. The fourth-order valence-electron chi connectivity index (χ4n) is 4.36. The van der Waals surface area contributed by atoms with E-state index in [0.29, 0.717) is 18.1 Å². The monoisotopic (exact) mass is 502 g/mol. The van der Waals surface area contributed by atoms with E-state index in [4.69, 9.17) is 15.7 Å². The van der Waals surface area contributed by atoms with E-state index in [1.807, 2.05) is 99.0 Å². The van der Waals surface area contributed by atoms with Gasteiger partial charge < -0.3 is 21.3 Å². The molecule has 0 spiro atoms. The molecule has 38 heavy (non-hydrogen) atoms. The standard InChI is InChI=1S/C31H30N6O/c1-37(2)20-21-12-13-24(19-32)28(18-21)34-30(38)23-14-16-25(17-15-23)33-31-35-27-11-7-6-10-26(27)29(36-31)22-8-4-3-5-9-22/h3-18H,19-20,32H2,1-2H3,(H,34,38)(H,33,35,36). The van der Waals surface area contributed by atoms with Crippen molar-refractivity contribution >= 4 is 34.1 Å². The van der Waals surface area contributed by atoms with Gasteiger partial charge in [-0.3, -0.25) is 4.79 Å². The Balaban J connectivity index is 1.36. The van der Waals surface area contributed by atoms with E-state index in [1.54, 1.807) is 12.1 Å². The van der Waals surface area contributed by atoms with E-state index in [2.05, 4.69) is 15.5 Å². The molecule has 0 atom stereocenters. The fourth-order valence-corrected chi connectivity index (χ4v) is 4.36. The maximum Gasteiger partial charge on any atom is 0.255 e. The van der Waals surface area contributed by atoms with Gasteiger partial charge in [-0.1, -0.05) is 60.7 Å². The van der Waals surface area contributed by atoms with E-state index < -0.39 is 0 Å². The predicted octanol–water partition coefficient (Wildman–Crippen LogP) is 5.81. The van der Waals surface area contributed by atoms with Gasteiger partial charge in [-0.2, -0.15) is 0 Å². The molecule has 7 heteroatoms. The highest BCUT2D eigenvalue weighted by atomic mass is 16.1. The van der Waals surface area contributed by atoms with Crippen LogP contribution in [0.5, 0.6) is 0 Å². The number of rotatable bonds is 8. The lowest BCUT2D eigenvalue weighted by molar-refractivity contribution is 0.102. The number of benzene rings is 4. The van der Waals surface area contributed by atoms with Crippen LogP contribution in [-0.4, -0.2) is 34.9 Å². The molecule has 0 saturated carbocycles. The van der Waals surface area contributed by atoms with Crippen LogP contribution in [0.2, 0.25) is 0 Å². The lowest BCUT2D eigenvalue weighted by Crippen LogP contribution is -2.16. The number of para-hydroxylation sites is 1. The van der Waals surface area contributed by atoms with Crippen LogP contribution < -0.4 is 16.4 Å². The Morgan fingerprint density at radius 2 is 1.61 bits per heavy atom. The highest BCUT2D eigenvalue weighted by molar-refractivity contribution is 6.05. The van der Waals surface area contributed by atoms with E-state index in [9.17, 15) is 4.79 Å². The molecule has 4 aromatic carbocycles. The number of hydrogen-bond acceptors (Lipinski definition) is 6. The number of hydrogen-bond donors (Lipinski definition) is 3. The Bertz CT molecular complexity index is 1570. The van der Waals surface area contributed by atoms with Crippen LogP contribution in [0.1, 0.15) is 21.5 Å². The number of anilines is 3. The predicted molar refractivity (Wildman–Crippen MR) is 154 cm³/mol. The summed E-state index contributed by atoms with van der Waals surface area (Å²) < 4.78 is 0. The topological polar surface area (TPSA) is 96.2 Å². The SMILES string of the molecule is CN(C)Cc1ccc(CN)c(NC(=O)c2ccc(Nc3nc(-c4ccccc4)c4ccccc4n3)cc2)c1. The van der Waals surface area contributed by atoms with Crippen molar-refractivity contribution < 1.29 is 4.79 Å². The maximum atomic E-state index is 13.0. The van der Waals surface area contributed by atoms with Gasteiger partial charge in [0.25, 0.3) is 5.91 Å². The molecule has 0 aliphatic rings. The first-order chi connectivity index (χ1) is 18.5. The Morgan fingerprint density at radius 3 is 2.34 bits per heavy atom. The number of aromatic nitrogens is 2. The minimum Gasteiger partial charge on any atom is -0.326 e. The molecule has 0 unspecified atom stereocenters. The molecular weight excluding hydrogens is 472 g/mol. The van der Waals surface area contributed by atoms with Crippen LogP contribution >= 0.6 is 0 Å². The molecule has 4 N–H and O–H groups in total. The van der Waals surface area contributed by atoms with E-state index in [0.717, 1.165) is 51.2 Å². The summed E-state index contributed by atoms with van der Waals surface area (Å²) in [4.78, 5) is 24.6. The summed E-state index contributed by atoms with van der Waals surface area (Å²) in [6, 6.07) is 31.3. The summed E-state index contributed by atoms with van der Waals surface area (Å²) >= 11 is 0. The zero-order chi connectivity index (χ0) is 26.5. The first kappa shape index (κ1) is 25.1. The van der Waals surface area contributed by atoms with Crippen LogP contribution in [0.4, 0.5) is 17.3 Å². The van der Waals surface area contributed by atoms with Crippen LogP contribution in [0.15, 0.2) is 97.1 Å². The van der Waals surface area contributed by atoms with Crippen LogP contribution in [-0.2, 0) is 13.1 Å². The molecule has 1 amide bonds. The third kappa shape index (κ3) is 5.70. The van der Waals surface area contributed by atoms with Gasteiger partial charge in [0.2, 0.25) is 5.95 Å². The van der Waals surface area contributed by atoms with Crippen LogP contribution in [0.3, 0.4) is 0 Å². The molecule has 0 radical (unpaired) electrons. The molecule has 0 saturated heterocycles. The second kappa shape index (κ2) is 11.2. The number of nitrogens with one attached hydrogen (secondary N) is 2. The summed E-state index contributed by atoms with van der Waals surface area (Å²) in [5.41, 5.74) is 12.7. The van der Waals surface area contributed by atoms with Gasteiger partial charge in [-0.15, -0.1) is 0 Å². The van der Waals surface area contributed by atoms with Crippen molar-refractivity contribution in [3.05, 3.63) is 114 Å². The number of fused-ring (bicyclic) bond motifs is 1. The van der Waals surface area contributed by atoms with Gasteiger partial charge in [-0.05, 0) is 61.6 Å². The Labute approximate surface area is 222 Å². The molecular formula is C31H30N6O. The minimum atomic E-state index is -0.193. The first-order valence-corrected chi connectivity index (χ1v) is 12.5. The number of nitrogens with zero attached hydrogens (tertiary/aromatic N) is 3. The summed E-state index contributed by atoms with van der Waals surface area (Å²) in [7, 11) is 4.02. The molecule has 1 aromatic heterocycles. The zero-order valence-corrected chi connectivity index (χ0v) is 21.5. The van der Waals surface area contributed by atoms with Gasteiger partial charge in [0.15, 0.2) is 0 Å². The quantitative estimate of drug-likeness (QED) is 0.248. The summed E-state index contributed by atoms with van der Waals surface area (Å²) in [5, 5.41) is 7.30. The van der Waals surface area contributed by atoms with Crippen molar-refractivity contribution in [2.45, 2.75) is 13.1 Å². The third-order valence-electron chi connectivity index (χ3n) is 6.19. The highest BCUT2D eigenvalue weighted by Crippen LogP contribution is 2.28. The Hall–Kier alpha value is -4.59.